The second kappa shape index (κ2) is 7.56. The average Bonchev–Trinajstić information content (AvgIpc) is 3.21. The molecule has 0 spiro atoms. The molecule has 0 atom stereocenters. The number of aryl methyl sites for hydroxylation is 2. The summed E-state index contributed by atoms with van der Waals surface area (Å²) in [5, 5.41) is 5.06. The van der Waals surface area contributed by atoms with Gasteiger partial charge in [-0.2, -0.15) is 0 Å². The fourth-order valence-corrected chi connectivity index (χ4v) is 5.54. The monoisotopic (exact) mass is 360 g/mol. The lowest BCUT2D eigenvalue weighted by atomic mass is 9.90. The second-order valence-corrected chi connectivity index (χ2v) is 8.47. The molecule has 1 fully saturated rings. The van der Waals surface area contributed by atoms with Gasteiger partial charge < -0.3 is 15.0 Å². The molecule has 2 aromatic heterocycles. The Hall–Kier alpha value is -1.24. The van der Waals surface area contributed by atoms with Crippen LogP contribution < -0.4 is 5.32 Å². The van der Waals surface area contributed by atoms with Crippen LogP contribution in [0.5, 0.6) is 0 Å². The van der Waals surface area contributed by atoms with Crippen LogP contribution in [-0.4, -0.2) is 54.3 Å². The van der Waals surface area contributed by atoms with Crippen molar-refractivity contribution in [1.29, 1.82) is 0 Å². The Bertz CT molecular complexity index is 724. The van der Waals surface area contributed by atoms with Crippen molar-refractivity contribution in [2.24, 2.45) is 0 Å². The minimum Gasteiger partial charge on any atom is -0.383 e. The highest BCUT2D eigenvalue weighted by atomic mass is 32.1. The van der Waals surface area contributed by atoms with E-state index in [9.17, 15) is 0 Å². The Morgan fingerprint density at radius 1 is 1.24 bits per heavy atom. The van der Waals surface area contributed by atoms with Gasteiger partial charge in [0.1, 0.15) is 17.0 Å². The molecule has 2 heterocycles. The number of hydrogen-bond acceptors (Lipinski definition) is 6. The molecule has 2 aliphatic rings. The highest BCUT2D eigenvalue weighted by Crippen LogP contribution is 2.39. The Morgan fingerprint density at radius 2 is 2.08 bits per heavy atom. The van der Waals surface area contributed by atoms with E-state index in [4.69, 9.17) is 4.74 Å². The van der Waals surface area contributed by atoms with E-state index >= 15 is 0 Å². The van der Waals surface area contributed by atoms with Gasteiger partial charge in [-0.25, -0.2) is 9.97 Å². The minimum atomic E-state index is 0.530. The molecule has 0 aromatic carbocycles. The Morgan fingerprint density at radius 3 is 2.88 bits per heavy atom. The van der Waals surface area contributed by atoms with Crippen LogP contribution in [0, 0.1) is 0 Å². The Balaban J connectivity index is 1.42. The number of anilines is 1. The Labute approximate surface area is 153 Å². The highest BCUT2D eigenvalue weighted by Gasteiger charge is 2.26. The van der Waals surface area contributed by atoms with E-state index < -0.39 is 0 Å². The van der Waals surface area contributed by atoms with Gasteiger partial charge >= 0.3 is 0 Å². The number of nitrogens with zero attached hydrogens (tertiary/aromatic N) is 3. The van der Waals surface area contributed by atoms with Crippen LogP contribution in [0.3, 0.4) is 0 Å². The maximum atomic E-state index is 5.21. The van der Waals surface area contributed by atoms with Gasteiger partial charge in [0.15, 0.2) is 0 Å². The first kappa shape index (κ1) is 17.2. The summed E-state index contributed by atoms with van der Waals surface area (Å²) >= 11 is 1.86. The summed E-state index contributed by atoms with van der Waals surface area (Å²) in [6, 6.07) is 1.21. The zero-order valence-corrected chi connectivity index (χ0v) is 16.1. The van der Waals surface area contributed by atoms with Gasteiger partial charge in [-0.05, 0) is 57.6 Å². The maximum Gasteiger partial charge on any atom is 0.138 e. The fourth-order valence-electron chi connectivity index (χ4n) is 4.31. The van der Waals surface area contributed by atoms with E-state index in [1.165, 1.54) is 60.8 Å². The largest absolute Gasteiger partial charge is 0.383 e. The zero-order valence-electron chi connectivity index (χ0n) is 15.3. The second-order valence-electron chi connectivity index (χ2n) is 7.38. The van der Waals surface area contributed by atoms with Crippen molar-refractivity contribution in [3.63, 3.8) is 0 Å². The third-order valence-electron chi connectivity index (χ3n) is 5.81. The van der Waals surface area contributed by atoms with Crippen molar-refractivity contribution in [3.8, 4) is 0 Å². The van der Waals surface area contributed by atoms with Crippen molar-refractivity contribution in [2.45, 2.75) is 57.0 Å². The van der Waals surface area contributed by atoms with Gasteiger partial charge in [-0.3, -0.25) is 0 Å². The van der Waals surface area contributed by atoms with Crippen molar-refractivity contribution in [3.05, 3.63) is 16.8 Å². The van der Waals surface area contributed by atoms with Gasteiger partial charge in [0.25, 0.3) is 0 Å². The summed E-state index contributed by atoms with van der Waals surface area (Å²) in [5.74, 6) is 1.07. The standard InChI is InChI=1S/C19H28N4OS/c1-23(10-11-24-2)14-8-6-13(7-9-14)22-18-17-15-4-3-5-16(15)25-19(17)21-12-20-18/h12-14H,3-11H2,1-2H3,(H,20,21,22). The number of rotatable bonds is 6. The summed E-state index contributed by atoms with van der Waals surface area (Å²) in [6.07, 6.45) is 10.3. The van der Waals surface area contributed by atoms with Crippen molar-refractivity contribution in [2.75, 3.05) is 32.6 Å². The van der Waals surface area contributed by atoms with Gasteiger partial charge in [0.2, 0.25) is 0 Å². The molecule has 0 radical (unpaired) electrons. The van der Waals surface area contributed by atoms with Gasteiger partial charge in [0, 0.05) is 30.6 Å². The quantitative estimate of drug-likeness (QED) is 0.855. The third-order valence-corrected chi connectivity index (χ3v) is 7.01. The van der Waals surface area contributed by atoms with E-state index in [-0.39, 0.29) is 0 Å². The Kier molecular flexibility index (Phi) is 5.20. The summed E-state index contributed by atoms with van der Waals surface area (Å²) in [5.41, 5.74) is 1.51. The molecule has 0 amide bonds. The normalized spacial score (nSPS) is 23.3. The molecule has 4 rings (SSSR count). The number of hydrogen-bond donors (Lipinski definition) is 1. The van der Waals surface area contributed by atoms with Crippen LogP contribution >= 0.6 is 11.3 Å². The minimum absolute atomic E-state index is 0.530. The summed E-state index contributed by atoms with van der Waals surface area (Å²) in [4.78, 5) is 14.3. The molecular formula is C19H28N4OS. The molecule has 25 heavy (non-hydrogen) atoms. The van der Waals surface area contributed by atoms with Crippen LogP contribution in [-0.2, 0) is 17.6 Å². The van der Waals surface area contributed by atoms with E-state index in [1.807, 2.05) is 11.3 Å². The van der Waals surface area contributed by atoms with Gasteiger partial charge in [-0.1, -0.05) is 0 Å². The molecule has 5 nitrogen and oxygen atoms in total. The topological polar surface area (TPSA) is 50.3 Å². The first-order chi connectivity index (χ1) is 12.3. The number of likely N-dealkylation sites (N-methyl/N-ethyl adjacent to an activating group) is 1. The van der Waals surface area contributed by atoms with Gasteiger partial charge in [-0.15, -0.1) is 11.3 Å². The third kappa shape index (κ3) is 3.52. The van der Waals surface area contributed by atoms with E-state index in [2.05, 4.69) is 27.2 Å². The summed E-state index contributed by atoms with van der Waals surface area (Å²) in [7, 11) is 4.00. The van der Waals surface area contributed by atoms with Crippen molar-refractivity contribution >= 4 is 27.4 Å². The lowest BCUT2D eigenvalue weighted by molar-refractivity contribution is 0.121. The van der Waals surface area contributed by atoms with E-state index in [0.29, 0.717) is 12.1 Å². The molecule has 0 unspecified atom stereocenters. The SMILES string of the molecule is COCCN(C)C1CCC(Nc2ncnc3sc4c(c23)CCC4)CC1. The molecule has 1 saturated carbocycles. The number of methoxy groups -OCH3 is 1. The number of thiophene rings is 1. The first-order valence-corrected chi connectivity index (χ1v) is 10.3. The smallest absolute Gasteiger partial charge is 0.138 e. The van der Waals surface area contributed by atoms with E-state index in [1.54, 1.807) is 13.4 Å². The number of ether oxygens (including phenoxy) is 1. The predicted octanol–water partition coefficient (Wildman–Crippen LogP) is 3.48. The summed E-state index contributed by atoms with van der Waals surface area (Å²) < 4.78 is 5.21. The van der Waals surface area contributed by atoms with Crippen LogP contribution in [0.15, 0.2) is 6.33 Å². The van der Waals surface area contributed by atoms with Crippen LogP contribution in [0.4, 0.5) is 5.82 Å². The van der Waals surface area contributed by atoms with Crippen LogP contribution in [0.1, 0.15) is 42.5 Å². The molecule has 2 aliphatic carbocycles. The number of aromatic nitrogens is 2. The molecule has 0 aliphatic heterocycles. The molecular weight excluding hydrogens is 332 g/mol. The molecule has 2 aromatic rings. The first-order valence-electron chi connectivity index (χ1n) is 9.47. The maximum absolute atomic E-state index is 5.21. The highest BCUT2D eigenvalue weighted by molar-refractivity contribution is 7.19. The van der Waals surface area contributed by atoms with Gasteiger partial charge in [0.05, 0.1) is 12.0 Å². The molecule has 0 bridgehead atoms. The predicted molar refractivity (Wildman–Crippen MR) is 104 cm³/mol. The summed E-state index contributed by atoms with van der Waals surface area (Å²) in [6.45, 7) is 1.84. The fraction of sp³-hybridized carbons (Fsp3) is 0.684. The lowest BCUT2D eigenvalue weighted by Gasteiger charge is -2.35. The zero-order chi connectivity index (χ0) is 17.2. The number of nitrogens with one attached hydrogen (secondary N) is 1. The molecule has 1 N–H and O–H groups in total. The lowest BCUT2D eigenvalue weighted by Crippen LogP contribution is -2.39. The molecule has 0 saturated heterocycles. The molecule has 6 heteroatoms. The number of fused-ring (bicyclic) bond motifs is 3. The van der Waals surface area contributed by atoms with Crippen LogP contribution in [0.25, 0.3) is 10.2 Å². The van der Waals surface area contributed by atoms with Crippen LogP contribution in [0.2, 0.25) is 0 Å². The molecule has 136 valence electrons. The average molecular weight is 361 g/mol. The van der Waals surface area contributed by atoms with Crippen molar-refractivity contribution in [1.82, 2.24) is 14.9 Å². The van der Waals surface area contributed by atoms with Crippen molar-refractivity contribution < 1.29 is 4.74 Å². The van der Waals surface area contributed by atoms with E-state index in [0.717, 1.165) is 23.8 Å².